The number of nitrogens with one attached hydrogen (secondary N) is 1. The monoisotopic (exact) mass is 257 g/mol. The summed E-state index contributed by atoms with van der Waals surface area (Å²) < 4.78 is 0. The zero-order valence-corrected chi connectivity index (χ0v) is 11.2. The average molecular weight is 257 g/mol. The molecule has 0 aromatic heterocycles. The minimum absolute atomic E-state index is 0.0132. The number of likely N-dealkylation sites (tertiary alicyclic amines) is 1. The molecule has 1 aliphatic rings. The third kappa shape index (κ3) is 4.08. The van der Waals surface area contributed by atoms with Gasteiger partial charge in [-0.25, -0.2) is 0 Å². The number of carbonyl (C=O) groups excluding carboxylic acids is 1. The van der Waals surface area contributed by atoms with Crippen LogP contribution >= 0.6 is 0 Å². The highest BCUT2D eigenvalue weighted by atomic mass is 16.2. The van der Waals surface area contributed by atoms with E-state index in [9.17, 15) is 4.79 Å². The number of hydrogen-bond acceptors (Lipinski definition) is 3. The van der Waals surface area contributed by atoms with Crippen LogP contribution < -0.4 is 5.32 Å². The second-order valence-electron chi connectivity index (χ2n) is 5.20. The van der Waals surface area contributed by atoms with Gasteiger partial charge < -0.3 is 5.32 Å². The number of amides is 1. The Kier molecular flexibility index (Phi) is 4.53. The number of anilines is 1. The molecular formula is C15H19N3O. The van der Waals surface area contributed by atoms with Crippen LogP contribution in [-0.2, 0) is 4.79 Å². The molecule has 1 saturated heterocycles. The van der Waals surface area contributed by atoms with E-state index in [4.69, 9.17) is 5.26 Å². The Labute approximate surface area is 114 Å². The lowest BCUT2D eigenvalue weighted by atomic mass is 9.99. The molecule has 1 N–H and O–H groups in total. The number of benzene rings is 1. The molecule has 19 heavy (non-hydrogen) atoms. The van der Waals surface area contributed by atoms with Gasteiger partial charge in [0, 0.05) is 5.69 Å². The number of nitrogens with zero attached hydrogens (tertiary/aromatic N) is 2. The highest BCUT2D eigenvalue weighted by Crippen LogP contribution is 2.16. The lowest BCUT2D eigenvalue weighted by molar-refractivity contribution is -0.117. The Bertz CT molecular complexity index is 467. The first-order chi connectivity index (χ1) is 9.17. The fourth-order valence-corrected chi connectivity index (χ4v) is 2.25. The molecule has 0 unspecified atom stereocenters. The Hall–Kier alpha value is -1.86. The largest absolute Gasteiger partial charge is 0.325 e. The van der Waals surface area contributed by atoms with Gasteiger partial charge in [0.2, 0.25) is 5.91 Å². The van der Waals surface area contributed by atoms with Gasteiger partial charge in [0.05, 0.1) is 18.2 Å². The summed E-state index contributed by atoms with van der Waals surface area (Å²) in [5, 5.41) is 11.6. The molecule has 0 radical (unpaired) electrons. The summed E-state index contributed by atoms with van der Waals surface area (Å²) in [4.78, 5) is 14.1. The van der Waals surface area contributed by atoms with Crippen LogP contribution in [0.3, 0.4) is 0 Å². The molecule has 1 heterocycles. The molecule has 0 bridgehead atoms. The van der Waals surface area contributed by atoms with E-state index in [1.54, 1.807) is 24.3 Å². The third-order valence-electron chi connectivity index (χ3n) is 3.54. The molecule has 4 nitrogen and oxygen atoms in total. The van der Waals surface area contributed by atoms with E-state index < -0.39 is 0 Å². The van der Waals surface area contributed by atoms with Gasteiger partial charge in [0.25, 0.3) is 0 Å². The van der Waals surface area contributed by atoms with Crippen molar-refractivity contribution < 1.29 is 4.79 Å². The smallest absolute Gasteiger partial charge is 0.238 e. The second-order valence-corrected chi connectivity index (χ2v) is 5.20. The van der Waals surface area contributed by atoms with E-state index in [0.29, 0.717) is 12.1 Å². The van der Waals surface area contributed by atoms with Crippen LogP contribution in [0, 0.1) is 17.2 Å². The van der Waals surface area contributed by atoms with Crippen molar-refractivity contribution >= 4 is 11.6 Å². The van der Waals surface area contributed by atoms with Crippen LogP contribution in [0.2, 0.25) is 0 Å². The Morgan fingerprint density at radius 2 is 2.00 bits per heavy atom. The summed E-state index contributed by atoms with van der Waals surface area (Å²) in [5.41, 5.74) is 1.34. The molecular weight excluding hydrogens is 238 g/mol. The highest BCUT2D eigenvalue weighted by Gasteiger charge is 2.17. The lowest BCUT2D eigenvalue weighted by Gasteiger charge is -2.29. The molecule has 2 rings (SSSR count). The highest BCUT2D eigenvalue weighted by molar-refractivity contribution is 5.92. The van der Waals surface area contributed by atoms with Crippen molar-refractivity contribution in [3.05, 3.63) is 29.8 Å². The van der Waals surface area contributed by atoms with Gasteiger partial charge in [0.15, 0.2) is 0 Å². The van der Waals surface area contributed by atoms with E-state index in [2.05, 4.69) is 23.2 Å². The van der Waals surface area contributed by atoms with Crippen LogP contribution in [-0.4, -0.2) is 30.4 Å². The first-order valence-corrected chi connectivity index (χ1v) is 6.70. The van der Waals surface area contributed by atoms with E-state index in [-0.39, 0.29) is 5.91 Å². The summed E-state index contributed by atoms with van der Waals surface area (Å²) in [6.07, 6.45) is 2.34. The number of piperidine rings is 1. The summed E-state index contributed by atoms with van der Waals surface area (Å²) in [5.74, 6) is 0.789. The third-order valence-corrected chi connectivity index (χ3v) is 3.54. The molecule has 4 heteroatoms. The molecule has 0 aliphatic carbocycles. The van der Waals surface area contributed by atoms with Crippen LogP contribution in [0.5, 0.6) is 0 Å². The van der Waals surface area contributed by atoms with Crippen molar-refractivity contribution in [2.24, 2.45) is 5.92 Å². The average Bonchev–Trinajstić information content (AvgIpc) is 2.42. The van der Waals surface area contributed by atoms with Crippen LogP contribution in [0.1, 0.15) is 25.3 Å². The zero-order chi connectivity index (χ0) is 13.7. The lowest BCUT2D eigenvalue weighted by Crippen LogP contribution is -2.38. The van der Waals surface area contributed by atoms with Crippen molar-refractivity contribution in [2.45, 2.75) is 19.8 Å². The Morgan fingerprint density at radius 3 is 2.58 bits per heavy atom. The number of nitriles is 1. The van der Waals surface area contributed by atoms with E-state index in [1.165, 1.54) is 12.8 Å². The SMILES string of the molecule is CC1CCN(CC(=O)Nc2ccc(C#N)cc2)CC1. The molecule has 1 amide bonds. The summed E-state index contributed by atoms with van der Waals surface area (Å²) in [6, 6.07) is 8.99. The predicted molar refractivity (Wildman–Crippen MR) is 74.6 cm³/mol. The maximum atomic E-state index is 11.9. The zero-order valence-electron chi connectivity index (χ0n) is 11.2. The van der Waals surface area contributed by atoms with Gasteiger partial charge in [-0.05, 0) is 56.1 Å². The molecule has 1 aromatic rings. The predicted octanol–water partition coefficient (Wildman–Crippen LogP) is 2.23. The maximum Gasteiger partial charge on any atom is 0.238 e. The molecule has 100 valence electrons. The topological polar surface area (TPSA) is 56.1 Å². The van der Waals surface area contributed by atoms with Gasteiger partial charge >= 0.3 is 0 Å². The van der Waals surface area contributed by atoms with Gasteiger partial charge in [0.1, 0.15) is 0 Å². The molecule has 0 saturated carbocycles. The van der Waals surface area contributed by atoms with Gasteiger partial charge in [-0.1, -0.05) is 6.92 Å². The summed E-state index contributed by atoms with van der Waals surface area (Å²) >= 11 is 0. The normalized spacial score (nSPS) is 16.8. The first kappa shape index (κ1) is 13.6. The minimum atomic E-state index is 0.0132. The van der Waals surface area contributed by atoms with Crippen molar-refractivity contribution in [3.63, 3.8) is 0 Å². The number of hydrogen-bond donors (Lipinski definition) is 1. The van der Waals surface area contributed by atoms with Crippen LogP contribution in [0.25, 0.3) is 0 Å². The fraction of sp³-hybridized carbons (Fsp3) is 0.467. The Balaban J connectivity index is 1.82. The quantitative estimate of drug-likeness (QED) is 0.903. The molecule has 0 spiro atoms. The second kappa shape index (κ2) is 6.35. The van der Waals surface area contributed by atoms with Crippen LogP contribution in [0.4, 0.5) is 5.69 Å². The van der Waals surface area contributed by atoms with Gasteiger partial charge in [-0.3, -0.25) is 9.69 Å². The molecule has 0 atom stereocenters. The Morgan fingerprint density at radius 1 is 1.37 bits per heavy atom. The molecule has 1 aliphatic heterocycles. The fourth-order valence-electron chi connectivity index (χ4n) is 2.25. The summed E-state index contributed by atoms with van der Waals surface area (Å²) in [7, 11) is 0. The van der Waals surface area contributed by atoms with E-state index in [1.807, 2.05) is 0 Å². The van der Waals surface area contributed by atoms with Crippen molar-refractivity contribution in [3.8, 4) is 6.07 Å². The van der Waals surface area contributed by atoms with Gasteiger partial charge in [-0.15, -0.1) is 0 Å². The molecule has 1 aromatic carbocycles. The number of rotatable bonds is 3. The van der Waals surface area contributed by atoms with Crippen LogP contribution in [0.15, 0.2) is 24.3 Å². The summed E-state index contributed by atoms with van der Waals surface area (Å²) in [6.45, 7) is 4.71. The molecule has 1 fully saturated rings. The van der Waals surface area contributed by atoms with Crippen molar-refractivity contribution in [1.29, 1.82) is 5.26 Å². The standard InChI is InChI=1S/C15H19N3O/c1-12-6-8-18(9-7-12)11-15(19)17-14-4-2-13(10-16)3-5-14/h2-5,12H,6-9,11H2,1H3,(H,17,19). The van der Waals surface area contributed by atoms with Crippen molar-refractivity contribution in [2.75, 3.05) is 25.0 Å². The number of carbonyl (C=O) groups is 1. The first-order valence-electron chi connectivity index (χ1n) is 6.70. The van der Waals surface area contributed by atoms with E-state index >= 15 is 0 Å². The van der Waals surface area contributed by atoms with E-state index in [0.717, 1.165) is 24.7 Å². The minimum Gasteiger partial charge on any atom is -0.325 e. The van der Waals surface area contributed by atoms with Gasteiger partial charge in [-0.2, -0.15) is 5.26 Å². The van der Waals surface area contributed by atoms with Crippen molar-refractivity contribution in [1.82, 2.24) is 4.90 Å². The maximum absolute atomic E-state index is 11.9.